The summed E-state index contributed by atoms with van der Waals surface area (Å²) in [7, 11) is 0. The Labute approximate surface area is 170 Å². The Morgan fingerprint density at radius 3 is 2.50 bits per heavy atom. The number of nitrogens with zero attached hydrogens (tertiary/aromatic N) is 2. The summed E-state index contributed by atoms with van der Waals surface area (Å²) < 4.78 is 2.00. The molecule has 1 fully saturated rings. The number of rotatable bonds is 6. The second kappa shape index (κ2) is 8.63. The van der Waals surface area contributed by atoms with Crippen molar-refractivity contribution in [1.29, 1.82) is 0 Å². The monoisotopic (exact) mass is 393 g/mol. The predicted molar refractivity (Wildman–Crippen MR) is 113 cm³/mol. The number of nitrogens with one attached hydrogen (secondary N) is 1. The van der Waals surface area contributed by atoms with Crippen LogP contribution in [0.15, 0.2) is 73.1 Å². The topological polar surface area (TPSA) is 37.3 Å². The lowest BCUT2D eigenvalue weighted by Crippen LogP contribution is -2.36. The number of aromatic nitrogens is 1. The van der Waals surface area contributed by atoms with Gasteiger partial charge >= 0.3 is 0 Å². The normalized spacial score (nSPS) is 15.5. The van der Waals surface area contributed by atoms with E-state index in [2.05, 4.69) is 16.3 Å². The highest BCUT2D eigenvalue weighted by Gasteiger charge is 2.24. The number of carbonyl (C=O) groups is 1. The van der Waals surface area contributed by atoms with E-state index in [1.807, 2.05) is 71.6 Å². The summed E-state index contributed by atoms with van der Waals surface area (Å²) in [6.45, 7) is 2.67. The van der Waals surface area contributed by atoms with Gasteiger partial charge in [-0.25, -0.2) is 0 Å². The molecule has 5 heteroatoms. The van der Waals surface area contributed by atoms with Crippen molar-refractivity contribution in [2.45, 2.75) is 18.9 Å². The molecule has 1 N–H and O–H groups in total. The van der Waals surface area contributed by atoms with Crippen LogP contribution in [-0.2, 0) is 0 Å². The first-order chi connectivity index (χ1) is 13.7. The Bertz CT molecular complexity index is 933. The van der Waals surface area contributed by atoms with Crippen LogP contribution in [-0.4, -0.2) is 35.0 Å². The maximum Gasteiger partial charge on any atom is 0.251 e. The van der Waals surface area contributed by atoms with Gasteiger partial charge in [0.2, 0.25) is 0 Å². The number of hydrogen-bond donors (Lipinski definition) is 1. The average Bonchev–Trinajstić information content (AvgIpc) is 3.43. The van der Waals surface area contributed by atoms with Crippen molar-refractivity contribution >= 4 is 17.5 Å². The van der Waals surface area contributed by atoms with Crippen LogP contribution < -0.4 is 5.32 Å². The van der Waals surface area contributed by atoms with Gasteiger partial charge in [-0.05, 0) is 74.0 Å². The van der Waals surface area contributed by atoms with E-state index in [4.69, 9.17) is 11.6 Å². The maximum absolute atomic E-state index is 12.8. The lowest BCUT2D eigenvalue weighted by Gasteiger charge is -2.28. The fourth-order valence-electron chi connectivity index (χ4n) is 3.83. The minimum Gasteiger partial charge on any atom is -0.350 e. The highest BCUT2D eigenvalue weighted by atomic mass is 35.5. The molecule has 144 valence electrons. The standard InChI is InChI=1S/C23H24ClN3O/c24-20-9-5-7-18(15-20)22(27-13-3-4-14-27)17-25-23(28)19-8-6-10-21(16-19)26-11-1-2-12-26/h1-2,5-12,15-16,22H,3-4,13-14,17H2,(H,25,28). The van der Waals surface area contributed by atoms with Gasteiger partial charge in [-0.1, -0.05) is 29.8 Å². The molecule has 3 aromatic rings. The highest BCUT2D eigenvalue weighted by Crippen LogP contribution is 2.26. The lowest BCUT2D eigenvalue weighted by molar-refractivity contribution is 0.0938. The largest absolute Gasteiger partial charge is 0.350 e. The van der Waals surface area contributed by atoms with Crippen molar-refractivity contribution in [3.63, 3.8) is 0 Å². The lowest BCUT2D eigenvalue weighted by atomic mass is 10.1. The Morgan fingerprint density at radius 2 is 1.75 bits per heavy atom. The number of likely N-dealkylation sites (tertiary alicyclic amines) is 1. The minimum absolute atomic E-state index is 0.0553. The summed E-state index contributed by atoms with van der Waals surface area (Å²) in [6, 6.07) is 19.7. The molecule has 0 spiro atoms. The van der Waals surface area contributed by atoms with E-state index in [0.29, 0.717) is 12.1 Å². The van der Waals surface area contributed by atoms with E-state index in [9.17, 15) is 4.79 Å². The van der Waals surface area contributed by atoms with Crippen LogP contribution in [0.25, 0.3) is 5.69 Å². The number of amides is 1. The van der Waals surface area contributed by atoms with Gasteiger partial charge in [0.1, 0.15) is 0 Å². The zero-order valence-electron chi connectivity index (χ0n) is 15.7. The second-order valence-corrected chi connectivity index (χ2v) is 7.60. The van der Waals surface area contributed by atoms with Crippen molar-refractivity contribution in [3.05, 3.63) is 89.2 Å². The molecule has 1 amide bonds. The van der Waals surface area contributed by atoms with Gasteiger partial charge < -0.3 is 9.88 Å². The van der Waals surface area contributed by atoms with E-state index in [0.717, 1.165) is 29.4 Å². The van der Waals surface area contributed by atoms with Gasteiger partial charge in [0, 0.05) is 35.2 Å². The van der Waals surface area contributed by atoms with Crippen LogP contribution in [0.1, 0.15) is 34.8 Å². The van der Waals surface area contributed by atoms with Crippen LogP contribution in [0.4, 0.5) is 0 Å². The maximum atomic E-state index is 12.8. The first-order valence-corrected chi connectivity index (χ1v) is 10.1. The van der Waals surface area contributed by atoms with E-state index < -0.39 is 0 Å². The second-order valence-electron chi connectivity index (χ2n) is 7.16. The molecule has 0 radical (unpaired) electrons. The Balaban J connectivity index is 1.49. The SMILES string of the molecule is O=C(NCC(c1cccc(Cl)c1)N1CCCC1)c1cccc(-n2cccc2)c1. The third-order valence-electron chi connectivity index (χ3n) is 5.28. The molecule has 1 aliphatic heterocycles. The van der Waals surface area contributed by atoms with Gasteiger partial charge in [0.25, 0.3) is 5.91 Å². The predicted octanol–water partition coefficient (Wildman–Crippen LogP) is 4.70. The molecule has 1 aliphatic rings. The summed E-state index contributed by atoms with van der Waals surface area (Å²) in [5, 5.41) is 3.86. The molecule has 1 unspecified atom stereocenters. The first-order valence-electron chi connectivity index (χ1n) is 9.72. The summed E-state index contributed by atoms with van der Waals surface area (Å²) >= 11 is 6.21. The Kier molecular flexibility index (Phi) is 5.79. The quantitative estimate of drug-likeness (QED) is 0.659. The van der Waals surface area contributed by atoms with E-state index in [1.54, 1.807) is 0 Å². The summed E-state index contributed by atoms with van der Waals surface area (Å²) in [5.41, 5.74) is 2.79. The Morgan fingerprint density at radius 1 is 1.00 bits per heavy atom. The van der Waals surface area contributed by atoms with E-state index >= 15 is 0 Å². The first kappa shape index (κ1) is 18.8. The average molecular weight is 394 g/mol. The molecule has 28 heavy (non-hydrogen) atoms. The van der Waals surface area contributed by atoms with Gasteiger partial charge in [0.05, 0.1) is 6.04 Å². The molecule has 0 saturated carbocycles. The van der Waals surface area contributed by atoms with Gasteiger partial charge in [-0.3, -0.25) is 9.69 Å². The fraction of sp³-hybridized carbons (Fsp3) is 0.261. The summed E-state index contributed by atoms with van der Waals surface area (Å²) in [6.07, 6.45) is 6.34. The van der Waals surface area contributed by atoms with Crippen molar-refractivity contribution in [1.82, 2.24) is 14.8 Å². The van der Waals surface area contributed by atoms with Gasteiger partial charge in [0.15, 0.2) is 0 Å². The van der Waals surface area contributed by atoms with Crippen molar-refractivity contribution < 1.29 is 4.79 Å². The molecular formula is C23H24ClN3O. The summed E-state index contributed by atoms with van der Waals surface area (Å²) in [5.74, 6) is -0.0553. The van der Waals surface area contributed by atoms with Crippen LogP contribution in [0, 0.1) is 0 Å². The van der Waals surface area contributed by atoms with Crippen molar-refractivity contribution in [3.8, 4) is 5.69 Å². The molecule has 2 heterocycles. The van der Waals surface area contributed by atoms with Gasteiger partial charge in [-0.15, -0.1) is 0 Å². The van der Waals surface area contributed by atoms with Crippen LogP contribution in [0.3, 0.4) is 0 Å². The van der Waals surface area contributed by atoms with E-state index in [-0.39, 0.29) is 11.9 Å². The Hall–Kier alpha value is -2.56. The smallest absolute Gasteiger partial charge is 0.251 e. The summed E-state index contributed by atoms with van der Waals surface area (Å²) in [4.78, 5) is 15.3. The number of hydrogen-bond acceptors (Lipinski definition) is 2. The zero-order valence-corrected chi connectivity index (χ0v) is 16.5. The molecule has 1 saturated heterocycles. The molecule has 1 atom stereocenters. The zero-order chi connectivity index (χ0) is 19.3. The van der Waals surface area contributed by atoms with Crippen molar-refractivity contribution in [2.24, 2.45) is 0 Å². The molecule has 0 bridgehead atoms. The number of carbonyl (C=O) groups excluding carboxylic acids is 1. The molecule has 4 nitrogen and oxygen atoms in total. The fourth-order valence-corrected chi connectivity index (χ4v) is 4.03. The van der Waals surface area contributed by atoms with Crippen LogP contribution >= 0.6 is 11.6 Å². The third kappa shape index (κ3) is 4.29. The molecule has 2 aromatic carbocycles. The number of halogens is 1. The minimum atomic E-state index is -0.0553. The molecule has 1 aromatic heterocycles. The van der Waals surface area contributed by atoms with Gasteiger partial charge in [-0.2, -0.15) is 0 Å². The van der Waals surface area contributed by atoms with Crippen LogP contribution in [0.2, 0.25) is 5.02 Å². The third-order valence-corrected chi connectivity index (χ3v) is 5.52. The molecule has 0 aliphatic carbocycles. The van der Waals surface area contributed by atoms with Crippen LogP contribution in [0.5, 0.6) is 0 Å². The van der Waals surface area contributed by atoms with Crippen molar-refractivity contribution in [2.75, 3.05) is 19.6 Å². The highest BCUT2D eigenvalue weighted by molar-refractivity contribution is 6.30. The van der Waals surface area contributed by atoms with E-state index in [1.165, 1.54) is 12.8 Å². The molecule has 4 rings (SSSR count). The number of benzene rings is 2. The molecular weight excluding hydrogens is 370 g/mol.